The van der Waals surface area contributed by atoms with E-state index >= 15 is 0 Å². The minimum Gasteiger partial charge on any atom is -0.383 e. The second kappa shape index (κ2) is 10.3. The van der Waals surface area contributed by atoms with Gasteiger partial charge in [-0.05, 0) is 49.2 Å². The Bertz CT molecular complexity index is 1140. The van der Waals surface area contributed by atoms with Crippen LogP contribution in [-0.4, -0.2) is 24.7 Å². The van der Waals surface area contributed by atoms with Crippen LogP contribution in [0.4, 0.5) is 11.4 Å². The fourth-order valence-corrected chi connectivity index (χ4v) is 4.78. The molecule has 0 spiro atoms. The van der Waals surface area contributed by atoms with Gasteiger partial charge in [0.25, 0.3) is 0 Å². The van der Waals surface area contributed by atoms with Crippen molar-refractivity contribution in [2.45, 2.75) is 25.9 Å². The molecule has 4 aromatic rings. The smallest absolute Gasteiger partial charge is 0.113 e. The summed E-state index contributed by atoms with van der Waals surface area (Å²) < 4.78 is 7.74. The van der Waals surface area contributed by atoms with Crippen LogP contribution in [0.15, 0.2) is 71.2 Å². The molecule has 0 saturated carbocycles. The van der Waals surface area contributed by atoms with Crippen molar-refractivity contribution in [3.05, 3.63) is 87.3 Å². The van der Waals surface area contributed by atoms with Gasteiger partial charge in [0, 0.05) is 11.6 Å². The van der Waals surface area contributed by atoms with Crippen molar-refractivity contribution < 1.29 is 4.74 Å². The number of hydrogen-bond acceptors (Lipinski definition) is 5. The molecule has 1 atom stereocenters. The summed E-state index contributed by atoms with van der Waals surface area (Å²) in [6, 6.07) is 23.4. The summed E-state index contributed by atoms with van der Waals surface area (Å²) in [5, 5.41) is 8.29. The van der Waals surface area contributed by atoms with E-state index < -0.39 is 0 Å². The molecule has 31 heavy (non-hydrogen) atoms. The van der Waals surface area contributed by atoms with Gasteiger partial charge in [-0.25, -0.2) is 4.98 Å². The van der Waals surface area contributed by atoms with Gasteiger partial charge in [0.1, 0.15) is 5.01 Å². The van der Waals surface area contributed by atoms with Crippen LogP contribution in [0.5, 0.6) is 0 Å². The molecule has 1 unspecified atom stereocenters. The summed E-state index contributed by atoms with van der Waals surface area (Å²) in [5.41, 5.74) is 5.73. The topological polar surface area (TPSA) is 46.2 Å². The molecule has 160 valence electrons. The van der Waals surface area contributed by atoms with Crippen molar-refractivity contribution in [3.63, 3.8) is 0 Å². The van der Waals surface area contributed by atoms with E-state index in [1.165, 1.54) is 15.8 Å². The summed E-state index contributed by atoms with van der Waals surface area (Å²) in [6.45, 7) is 3.43. The van der Waals surface area contributed by atoms with Crippen molar-refractivity contribution in [1.82, 2.24) is 4.98 Å². The maximum atomic E-state index is 5.49. The number of nitrogens with zero attached hydrogens (tertiary/aromatic N) is 1. The number of nitrogens with one attached hydrogen (secondary N) is 2. The molecule has 0 amide bonds. The van der Waals surface area contributed by atoms with E-state index in [1.54, 1.807) is 18.4 Å². The number of fused-ring (bicyclic) bond motifs is 1. The highest BCUT2D eigenvalue weighted by molar-refractivity contribution is 9.10. The summed E-state index contributed by atoms with van der Waals surface area (Å²) >= 11 is 5.24. The number of rotatable bonds is 9. The van der Waals surface area contributed by atoms with E-state index in [0.717, 1.165) is 32.8 Å². The van der Waals surface area contributed by atoms with E-state index in [4.69, 9.17) is 9.72 Å². The second-order valence-corrected chi connectivity index (χ2v) is 9.64. The van der Waals surface area contributed by atoms with Gasteiger partial charge in [0.15, 0.2) is 0 Å². The van der Waals surface area contributed by atoms with Gasteiger partial charge >= 0.3 is 0 Å². The minimum atomic E-state index is 0.176. The third kappa shape index (κ3) is 5.85. The summed E-state index contributed by atoms with van der Waals surface area (Å²) in [4.78, 5) is 4.76. The fraction of sp³-hybridized carbons (Fsp3) is 0.240. The van der Waals surface area contributed by atoms with Crippen molar-refractivity contribution in [2.24, 2.45) is 0 Å². The lowest BCUT2D eigenvalue weighted by Crippen LogP contribution is -2.28. The highest BCUT2D eigenvalue weighted by atomic mass is 79.9. The van der Waals surface area contributed by atoms with E-state index in [1.807, 2.05) is 6.07 Å². The number of hydrogen-bond donors (Lipinski definition) is 2. The average Bonchev–Trinajstić information content (AvgIpc) is 3.17. The number of anilines is 2. The van der Waals surface area contributed by atoms with Gasteiger partial charge in [0.05, 0.1) is 40.8 Å². The summed E-state index contributed by atoms with van der Waals surface area (Å²) in [5.74, 6) is 0. The van der Waals surface area contributed by atoms with Gasteiger partial charge in [-0.2, -0.15) is 0 Å². The molecule has 1 aromatic heterocycles. The normalized spacial score (nSPS) is 12.1. The Morgan fingerprint density at radius 1 is 1.03 bits per heavy atom. The predicted octanol–water partition coefficient (Wildman–Crippen LogP) is 6.65. The van der Waals surface area contributed by atoms with Crippen LogP contribution in [-0.2, 0) is 17.7 Å². The van der Waals surface area contributed by atoms with E-state index in [2.05, 4.69) is 94.2 Å². The molecule has 0 saturated heterocycles. The van der Waals surface area contributed by atoms with Crippen LogP contribution in [0.25, 0.3) is 10.2 Å². The van der Waals surface area contributed by atoms with Gasteiger partial charge in [0.2, 0.25) is 0 Å². The molecule has 1 heterocycles. The molecule has 0 aliphatic heterocycles. The monoisotopic (exact) mass is 495 g/mol. The number of aromatic nitrogens is 1. The fourth-order valence-electron chi connectivity index (χ4n) is 3.54. The Hall–Kier alpha value is -2.41. The Morgan fingerprint density at radius 3 is 2.58 bits per heavy atom. The molecule has 0 radical (unpaired) electrons. The Morgan fingerprint density at radius 2 is 1.81 bits per heavy atom. The molecule has 3 aromatic carbocycles. The molecule has 6 heteroatoms. The number of ether oxygens (including phenoxy) is 1. The SMILES string of the molecule is COCC(Cc1ccc(C)cc1)Nc1ccccc1NCc1nc2cc(Br)ccc2s1. The largest absolute Gasteiger partial charge is 0.383 e. The zero-order valence-electron chi connectivity index (χ0n) is 17.7. The second-order valence-electron chi connectivity index (χ2n) is 7.61. The number of para-hydroxylation sites is 2. The number of halogens is 1. The maximum absolute atomic E-state index is 5.49. The molecular formula is C25H26BrN3OS. The van der Waals surface area contributed by atoms with Crippen molar-refractivity contribution >= 4 is 48.9 Å². The van der Waals surface area contributed by atoms with Crippen LogP contribution in [0, 0.1) is 6.92 Å². The molecule has 4 nitrogen and oxygen atoms in total. The van der Waals surface area contributed by atoms with Crippen molar-refractivity contribution in [3.8, 4) is 0 Å². The summed E-state index contributed by atoms with van der Waals surface area (Å²) in [6.07, 6.45) is 0.898. The minimum absolute atomic E-state index is 0.176. The van der Waals surface area contributed by atoms with E-state index in [-0.39, 0.29) is 6.04 Å². The van der Waals surface area contributed by atoms with Crippen molar-refractivity contribution in [1.29, 1.82) is 0 Å². The number of methoxy groups -OCH3 is 1. The molecular weight excluding hydrogens is 470 g/mol. The third-order valence-electron chi connectivity index (χ3n) is 5.08. The molecule has 0 fully saturated rings. The average molecular weight is 496 g/mol. The molecule has 4 rings (SSSR count). The van der Waals surface area contributed by atoms with Crippen LogP contribution in [0.2, 0.25) is 0 Å². The number of aryl methyl sites for hydroxylation is 1. The Kier molecular flexibility index (Phi) is 7.22. The zero-order chi connectivity index (χ0) is 21.6. The van der Waals surface area contributed by atoms with Crippen LogP contribution >= 0.6 is 27.3 Å². The first kappa shape index (κ1) is 21.8. The first-order valence-electron chi connectivity index (χ1n) is 10.3. The molecule has 2 N–H and O–H groups in total. The highest BCUT2D eigenvalue weighted by Crippen LogP contribution is 2.27. The zero-order valence-corrected chi connectivity index (χ0v) is 20.1. The predicted molar refractivity (Wildman–Crippen MR) is 135 cm³/mol. The highest BCUT2D eigenvalue weighted by Gasteiger charge is 2.12. The Balaban J connectivity index is 1.46. The number of benzene rings is 3. The number of thiazole rings is 1. The van der Waals surface area contributed by atoms with Gasteiger partial charge < -0.3 is 15.4 Å². The first-order valence-corrected chi connectivity index (χ1v) is 11.9. The van der Waals surface area contributed by atoms with E-state index in [0.29, 0.717) is 13.2 Å². The van der Waals surface area contributed by atoms with Crippen LogP contribution in [0.1, 0.15) is 16.1 Å². The third-order valence-corrected chi connectivity index (χ3v) is 6.61. The van der Waals surface area contributed by atoms with Gasteiger partial charge in [-0.1, -0.05) is 57.9 Å². The van der Waals surface area contributed by atoms with E-state index in [9.17, 15) is 0 Å². The lowest BCUT2D eigenvalue weighted by atomic mass is 10.0. The quantitative estimate of drug-likeness (QED) is 0.272. The first-order chi connectivity index (χ1) is 15.1. The van der Waals surface area contributed by atoms with Crippen LogP contribution < -0.4 is 10.6 Å². The van der Waals surface area contributed by atoms with Crippen molar-refractivity contribution in [2.75, 3.05) is 24.4 Å². The lowest BCUT2D eigenvalue weighted by molar-refractivity contribution is 0.185. The summed E-state index contributed by atoms with van der Waals surface area (Å²) in [7, 11) is 1.75. The standard InChI is InChI=1S/C25H26BrN3OS/c1-17-7-9-18(10-8-17)13-20(16-30-2)28-22-6-4-3-5-21(22)27-15-25-29-23-14-19(26)11-12-24(23)31-25/h3-12,14,20,27-28H,13,15-16H2,1-2H3. The molecule has 0 aliphatic carbocycles. The lowest BCUT2D eigenvalue weighted by Gasteiger charge is -2.22. The van der Waals surface area contributed by atoms with Gasteiger partial charge in [-0.15, -0.1) is 11.3 Å². The molecule has 0 aliphatic rings. The van der Waals surface area contributed by atoms with Crippen LogP contribution in [0.3, 0.4) is 0 Å². The molecule has 0 bridgehead atoms. The maximum Gasteiger partial charge on any atom is 0.113 e. The Labute approximate surface area is 195 Å². The van der Waals surface area contributed by atoms with Gasteiger partial charge in [-0.3, -0.25) is 0 Å².